The van der Waals surface area contributed by atoms with Gasteiger partial charge in [-0.3, -0.25) is 4.79 Å². The highest BCUT2D eigenvalue weighted by Crippen LogP contribution is 2.18. The zero-order valence-electron chi connectivity index (χ0n) is 12.3. The number of aryl methyl sites for hydroxylation is 1. The van der Waals surface area contributed by atoms with Gasteiger partial charge in [0.15, 0.2) is 0 Å². The van der Waals surface area contributed by atoms with Gasteiger partial charge in [-0.2, -0.15) is 4.98 Å². The van der Waals surface area contributed by atoms with Crippen LogP contribution < -0.4 is 10.2 Å². The molecular weight excluding hydrogens is 283 g/mol. The van der Waals surface area contributed by atoms with Crippen LogP contribution in [-0.2, 0) is 0 Å². The molecule has 0 bridgehead atoms. The summed E-state index contributed by atoms with van der Waals surface area (Å²) in [5, 5.41) is 2.71. The molecule has 0 aliphatic carbocycles. The molecule has 1 aliphatic heterocycles. The summed E-state index contributed by atoms with van der Waals surface area (Å²) in [6.45, 7) is 3.63. The van der Waals surface area contributed by atoms with Crippen LogP contribution in [0, 0.1) is 12.7 Å². The molecule has 2 heterocycles. The van der Waals surface area contributed by atoms with Gasteiger partial charge in [0, 0.05) is 24.8 Å². The third kappa shape index (κ3) is 3.05. The van der Waals surface area contributed by atoms with Gasteiger partial charge in [-0.1, -0.05) is 6.07 Å². The molecule has 0 saturated carbocycles. The Bertz CT molecular complexity index is 698. The van der Waals surface area contributed by atoms with Crippen LogP contribution in [0.1, 0.15) is 28.8 Å². The number of aromatic nitrogens is 2. The molecule has 1 N–H and O–H groups in total. The zero-order valence-corrected chi connectivity index (χ0v) is 12.3. The van der Waals surface area contributed by atoms with Crippen molar-refractivity contribution in [2.75, 3.05) is 23.3 Å². The van der Waals surface area contributed by atoms with Crippen molar-refractivity contribution >= 4 is 17.7 Å². The number of benzene rings is 1. The van der Waals surface area contributed by atoms with Gasteiger partial charge in [0.2, 0.25) is 5.95 Å². The number of hydrogen-bond acceptors (Lipinski definition) is 4. The first-order valence-corrected chi connectivity index (χ1v) is 7.29. The van der Waals surface area contributed by atoms with E-state index >= 15 is 0 Å². The third-order valence-corrected chi connectivity index (χ3v) is 3.72. The lowest BCUT2D eigenvalue weighted by atomic mass is 10.1. The van der Waals surface area contributed by atoms with Crippen molar-refractivity contribution in [1.82, 2.24) is 9.97 Å². The summed E-state index contributed by atoms with van der Waals surface area (Å²) in [5.74, 6) is 0.232. The van der Waals surface area contributed by atoms with E-state index in [9.17, 15) is 9.18 Å². The van der Waals surface area contributed by atoms with E-state index in [0.29, 0.717) is 22.9 Å². The molecule has 22 heavy (non-hydrogen) atoms. The molecule has 0 radical (unpaired) electrons. The topological polar surface area (TPSA) is 58.1 Å². The van der Waals surface area contributed by atoms with Gasteiger partial charge < -0.3 is 10.2 Å². The van der Waals surface area contributed by atoms with Crippen LogP contribution in [0.2, 0.25) is 0 Å². The fourth-order valence-corrected chi connectivity index (χ4v) is 2.51. The van der Waals surface area contributed by atoms with Crippen molar-refractivity contribution in [3.63, 3.8) is 0 Å². The summed E-state index contributed by atoms with van der Waals surface area (Å²) >= 11 is 0. The Kier molecular flexibility index (Phi) is 4.00. The van der Waals surface area contributed by atoms with Crippen molar-refractivity contribution in [1.29, 1.82) is 0 Å². The van der Waals surface area contributed by atoms with Crippen molar-refractivity contribution < 1.29 is 9.18 Å². The second-order valence-electron chi connectivity index (χ2n) is 5.35. The third-order valence-electron chi connectivity index (χ3n) is 3.72. The summed E-state index contributed by atoms with van der Waals surface area (Å²) in [7, 11) is 0. The van der Waals surface area contributed by atoms with Crippen LogP contribution >= 0.6 is 0 Å². The SMILES string of the molecule is Cc1ccc(F)cc1C(=O)Nc1ccnc(N2CCCC2)n1. The summed E-state index contributed by atoms with van der Waals surface area (Å²) < 4.78 is 13.3. The summed E-state index contributed by atoms with van der Waals surface area (Å²) in [4.78, 5) is 23.0. The second-order valence-corrected chi connectivity index (χ2v) is 5.35. The number of carbonyl (C=O) groups excluding carboxylic acids is 1. The van der Waals surface area contributed by atoms with Gasteiger partial charge in [-0.05, 0) is 43.5 Å². The molecule has 114 valence electrons. The number of halogens is 1. The Balaban J connectivity index is 1.79. The lowest BCUT2D eigenvalue weighted by Crippen LogP contribution is -2.21. The molecule has 0 spiro atoms. The number of nitrogens with zero attached hydrogens (tertiary/aromatic N) is 3. The standard InChI is InChI=1S/C16H17FN4O/c1-11-4-5-12(17)10-13(11)15(22)19-14-6-7-18-16(20-14)21-8-2-3-9-21/h4-7,10H,2-3,8-9H2,1H3,(H,18,19,20,22). The molecule has 1 amide bonds. The molecule has 1 saturated heterocycles. The predicted molar refractivity (Wildman–Crippen MR) is 82.6 cm³/mol. The van der Waals surface area contributed by atoms with E-state index < -0.39 is 5.82 Å². The minimum Gasteiger partial charge on any atom is -0.341 e. The number of amides is 1. The second kappa shape index (κ2) is 6.09. The van der Waals surface area contributed by atoms with E-state index in [2.05, 4.69) is 20.2 Å². The molecule has 1 aliphatic rings. The number of carbonyl (C=O) groups is 1. The average Bonchev–Trinajstić information content (AvgIpc) is 3.04. The predicted octanol–water partition coefficient (Wildman–Crippen LogP) is 2.78. The van der Waals surface area contributed by atoms with E-state index in [4.69, 9.17) is 0 Å². The van der Waals surface area contributed by atoms with Crippen LogP contribution in [-0.4, -0.2) is 29.0 Å². The van der Waals surface area contributed by atoms with E-state index in [1.807, 2.05) is 0 Å². The quantitative estimate of drug-likeness (QED) is 0.947. The Morgan fingerprint density at radius 1 is 1.27 bits per heavy atom. The molecule has 2 aromatic rings. The van der Waals surface area contributed by atoms with E-state index in [1.54, 1.807) is 25.3 Å². The number of anilines is 2. The first-order chi connectivity index (χ1) is 10.6. The van der Waals surface area contributed by atoms with Gasteiger partial charge in [-0.25, -0.2) is 9.37 Å². The van der Waals surface area contributed by atoms with Crippen molar-refractivity contribution in [2.45, 2.75) is 19.8 Å². The highest BCUT2D eigenvalue weighted by atomic mass is 19.1. The van der Waals surface area contributed by atoms with E-state index in [0.717, 1.165) is 25.9 Å². The fraction of sp³-hybridized carbons (Fsp3) is 0.312. The molecule has 1 aromatic heterocycles. The van der Waals surface area contributed by atoms with Crippen LogP contribution in [0.4, 0.5) is 16.2 Å². The van der Waals surface area contributed by atoms with Crippen LogP contribution in [0.25, 0.3) is 0 Å². The average molecular weight is 300 g/mol. The molecule has 0 unspecified atom stereocenters. The fourth-order valence-electron chi connectivity index (χ4n) is 2.51. The van der Waals surface area contributed by atoms with E-state index in [1.165, 1.54) is 12.1 Å². The molecule has 6 heteroatoms. The Morgan fingerprint density at radius 2 is 2.05 bits per heavy atom. The van der Waals surface area contributed by atoms with E-state index in [-0.39, 0.29) is 5.91 Å². The largest absolute Gasteiger partial charge is 0.341 e. The number of rotatable bonds is 3. The van der Waals surface area contributed by atoms with Crippen molar-refractivity contribution in [3.8, 4) is 0 Å². The van der Waals surface area contributed by atoms with Crippen molar-refractivity contribution in [3.05, 3.63) is 47.4 Å². The summed E-state index contributed by atoms with van der Waals surface area (Å²) in [6.07, 6.45) is 3.87. The lowest BCUT2D eigenvalue weighted by molar-refractivity contribution is 0.102. The maximum Gasteiger partial charge on any atom is 0.257 e. The molecule has 0 atom stereocenters. The summed E-state index contributed by atoms with van der Waals surface area (Å²) in [6, 6.07) is 5.78. The normalized spacial score (nSPS) is 14.2. The smallest absolute Gasteiger partial charge is 0.257 e. The maximum absolute atomic E-state index is 13.3. The van der Waals surface area contributed by atoms with Crippen LogP contribution in [0.3, 0.4) is 0 Å². The number of nitrogens with one attached hydrogen (secondary N) is 1. The maximum atomic E-state index is 13.3. The minimum absolute atomic E-state index is 0.307. The first-order valence-electron chi connectivity index (χ1n) is 7.29. The Hall–Kier alpha value is -2.50. The molecule has 1 fully saturated rings. The highest BCUT2D eigenvalue weighted by Gasteiger charge is 2.16. The molecule has 5 nitrogen and oxygen atoms in total. The highest BCUT2D eigenvalue weighted by molar-refractivity contribution is 6.04. The van der Waals surface area contributed by atoms with Gasteiger partial charge in [0.1, 0.15) is 11.6 Å². The Morgan fingerprint density at radius 3 is 2.82 bits per heavy atom. The van der Waals surface area contributed by atoms with Gasteiger partial charge in [0.05, 0.1) is 0 Å². The first kappa shape index (κ1) is 14.4. The van der Waals surface area contributed by atoms with Gasteiger partial charge in [0.25, 0.3) is 5.91 Å². The zero-order chi connectivity index (χ0) is 15.5. The van der Waals surface area contributed by atoms with Crippen LogP contribution in [0.5, 0.6) is 0 Å². The number of hydrogen-bond donors (Lipinski definition) is 1. The van der Waals surface area contributed by atoms with Crippen molar-refractivity contribution in [2.24, 2.45) is 0 Å². The summed E-state index contributed by atoms with van der Waals surface area (Å²) in [5.41, 5.74) is 1.02. The molecule has 1 aromatic carbocycles. The minimum atomic E-state index is -0.434. The monoisotopic (exact) mass is 300 g/mol. The molecule has 3 rings (SSSR count). The van der Waals surface area contributed by atoms with Gasteiger partial charge >= 0.3 is 0 Å². The molecular formula is C16H17FN4O. The lowest BCUT2D eigenvalue weighted by Gasteiger charge is -2.15. The van der Waals surface area contributed by atoms with Crippen LogP contribution in [0.15, 0.2) is 30.5 Å². The van der Waals surface area contributed by atoms with Gasteiger partial charge in [-0.15, -0.1) is 0 Å². The Labute approximate surface area is 128 Å².